The summed E-state index contributed by atoms with van der Waals surface area (Å²) in [6.45, 7) is 3.63. The number of aliphatic hydroxyl groups excluding tert-OH is 5. The largest absolute Gasteiger partial charge is 0.394 e. The summed E-state index contributed by atoms with van der Waals surface area (Å²) >= 11 is 0. The Morgan fingerprint density at radius 1 is 0.786 bits per heavy atom. The van der Waals surface area contributed by atoms with E-state index in [1.54, 1.807) is 6.08 Å². The maximum Gasteiger partial charge on any atom is 0.220 e. The average Bonchev–Trinajstić information content (AvgIpc) is 2.98. The average molecular weight is 600 g/mol. The third-order valence-corrected chi connectivity index (χ3v) is 7.78. The highest BCUT2D eigenvalue weighted by molar-refractivity contribution is 5.76. The van der Waals surface area contributed by atoms with Gasteiger partial charge in [0.15, 0.2) is 6.29 Å². The number of hydrogen-bond acceptors (Lipinski definition) is 8. The molecule has 0 aliphatic carbocycles. The Morgan fingerprint density at radius 3 is 2.00 bits per heavy atom. The van der Waals surface area contributed by atoms with Crippen molar-refractivity contribution in [1.29, 1.82) is 0 Å². The Bertz CT molecular complexity index is 716. The molecule has 0 spiro atoms. The maximum absolute atomic E-state index is 12.6. The SMILES string of the molecule is CCCCCCCCC/C=C/CC/C=C/C(O)C(COC1OC(CO)C(O)C(O)C1O)NC(=O)CCCCCCCC. The molecule has 42 heavy (non-hydrogen) atoms. The first-order chi connectivity index (χ1) is 20.3. The van der Waals surface area contributed by atoms with Crippen molar-refractivity contribution in [2.45, 2.75) is 166 Å². The van der Waals surface area contributed by atoms with Gasteiger partial charge in [-0.05, 0) is 32.1 Å². The van der Waals surface area contributed by atoms with Crippen LogP contribution in [0.1, 0.15) is 123 Å². The Morgan fingerprint density at radius 2 is 1.36 bits per heavy atom. The van der Waals surface area contributed by atoms with Crippen LogP contribution in [0.25, 0.3) is 0 Å². The van der Waals surface area contributed by atoms with Crippen LogP contribution in [0, 0.1) is 0 Å². The van der Waals surface area contributed by atoms with Gasteiger partial charge in [0.05, 0.1) is 25.4 Å². The van der Waals surface area contributed by atoms with Gasteiger partial charge in [0.25, 0.3) is 0 Å². The van der Waals surface area contributed by atoms with Crippen LogP contribution in [-0.4, -0.2) is 87.5 Å². The lowest BCUT2D eigenvalue weighted by molar-refractivity contribution is -0.302. The van der Waals surface area contributed by atoms with Crippen molar-refractivity contribution in [3.63, 3.8) is 0 Å². The second-order valence-electron chi connectivity index (χ2n) is 11.6. The van der Waals surface area contributed by atoms with E-state index >= 15 is 0 Å². The van der Waals surface area contributed by atoms with Crippen LogP contribution in [0.2, 0.25) is 0 Å². The number of carbonyl (C=O) groups is 1. The Hall–Kier alpha value is -1.33. The zero-order valence-corrected chi connectivity index (χ0v) is 26.2. The quantitative estimate of drug-likeness (QED) is 0.0667. The molecule has 246 valence electrons. The molecule has 9 heteroatoms. The van der Waals surface area contributed by atoms with Gasteiger partial charge in [0.2, 0.25) is 5.91 Å². The zero-order valence-electron chi connectivity index (χ0n) is 26.2. The predicted octanol–water partition coefficient (Wildman–Crippen LogP) is 4.43. The van der Waals surface area contributed by atoms with Crippen molar-refractivity contribution in [3.05, 3.63) is 24.3 Å². The number of allylic oxidation sites excluding steroid dienone is 3. The molecule has 0 bridgehead atoms. The Balaban J connectivity index is 2.55. The first-order valence-corrected chi connectivity index (χ1v) is 16.6. The number of carbonyl (C=O) groups excluding carboxylic acids is 1. The summed E-state index contributed by atoms with van der Waals surface area (Å²) < 4.78 is 11.1. The van der Waals surface area contributed by atoms with Crippen LogP contribution >= 0.6 is 0 Å². The smallest absolute Gasteiger partial charge is 0.220 e. The van der Waals surface area contributed by atoms with E-state index in [1.807, 2.05) is 6.08 Å². The summed E-state index contributed by atoms with van der Waals surface area (Å²) in [7, 11) is 0. The Kier molecular flexibility index (Phi) is 23.1. The van der Waals surface area contributed by atoms with E-state index in [0.29, 0.717) is 6.42 Å². The predicted molar refractivity (Wildman–Crippen MR) is 166 cm³/mol. The number of amides is 1. The van der Waals surface area contributed by atoms with Crippen molar-refractivity contribution < 1.29 is 39.8 Å². The minimum absolute atomic E-state index is 0.200. The lowest BCUT2D eigenvalue weighted by atomic mass is 9.99. The molecule has 0 aromatic rings. The second-order valence-corrected chi connectivity index (χ2v) is 11.6. The van der Waals surface area contributed by atoms with Crippen LogP contribution in [-0.2, 0) is 14.3 Å². The van der Waals surface area contributed by atoms with Crippen molar-refractivity contribution in [2.24, 2.45) is 0 Å². The van der Waals surface area contributed by atoms with Gasteiger partial charge in [-0.2, -0.15) is 0 Å². The summed E-state index contributed by atoms with van der Waals surface area (Å²) in [5, 5.41) is 53.4. The van der Waals surface area contributed by atoms with Crippen LogP contribution in [0.3, 0.4) is 0 Å². The second kappa shape index (κ2) is 25.0. The highest BCUT2D eigenvalue weighted by Gasteiger charge is 2.44. The van der Waals surface area contributed by atoms with Gasteiger partial charge >= 0.3 is 0 Å². The number of unbranched alkanes of at least 4 members (excludes halogenated alkanes) is 13. The fourth-order valence-corrected chi connectivity index (χ4v) is 4.99. The number of hydrogen-bond donors (Lipinski definition) is 6. The molecule has 9 nitrogen and oxygen atoms in total. The van der Waals surface area contributed by atoms with Gasteiger partial charge in [-0.3, -0.25) is 4.79 Å². The minimum atomic E-state index is -1.56. The fraction of sp³-hybridized carbons (Fsp3) is 0.848. The first-order valence-electron chi connectivity index (χ1n) is 16.6. The number of nitrogens with one attached hydrogen (secondary N) is 1. The lowest BCUT2D eigenvalue weighted by Crippen LogP contribution is -2.60. The summed E-state index contributed by atoms with van der Waals surface area (Å²) in [4.78, 5) is 12.6. The summed E-state index contributed by atoms with van der Waals surface area (Å²) in [6.07, 6.45) is 18.2. The molecule has 1 aliphatic rings. The van der Waals surface area contributed by atoms with Crippen molar-refractivity contribution in [1.82, 2.24) is 5.32 Å². The maximum atomic E-state index is 12.6. The molecular weight excluding hydrogens is 538 g/mol. The van der Waals surface area contributed by atoms with E-state index in [-0.39, 0.29) is 12.5 Å². The molecule has 1 heterocycles. The van der Waals surface area contributed by atoms with Crippen molar-refractivity contribution >= 4 is 5.91 Å². The van der Waals surface area contributed by atoms with Gasteiger partial charge in [0, 0.05) is 6.42 Å². The van der Waals surface area contributed by atoms with E-state index in [1.165, 1.54) is 51.4 Å². The third-order valence-electron chi connectivity index (χ3n) is 7.78. The molecule has 7 atom stereocenters. The molecule has 0 aromatic heterocycles. The van der Waals surface area contributed by atoms with Crippen LogP contribution < -0.4 is 5.32 Å². The standard InChI is InChI=1S/C33H61NO8/c1-3-5-7-9-11-12-13-14-15-16-17-18-20-22-27(36)26(34-29(37)23-21-19-10-8-6-4-2)25-41-33-32(40)31(39)30(38)28(24-35)42-33/h15-16,20,22,26-28,30-33,35-36,38-40H,3-14,17-19,21,23-25H2,1-2H3,(H,34,37)/b16-15+,22-20+. The zero-order chi connectivity index (χ0) is 31.0. The van der Waals surface area contributed by atoms with Gasteiger partial charge < -0.3 is 40.3 Å². The van der Waals surface area contributed by atoms with E-state index < -0.39 is 49.5 Å². The Labute approximate surface area is 254 Å². The minimum Gasteiger partial charge on any atom is -0.394 e. The van der Waals surface area contributed by atoms with E-state index in [2.05, 4.69) is 31.3 Å². The molecule has 0 radical (unpaired) electrons. The lowest BCUT2D eigenvalue weighted by Gasteiger charge is -2.40. The van der Waals surface area contributed by atoms with Crippen molar-refractivity contribution in [2.75, 3.05) is 13.2 Å². The number of ether oxygens (including phenoxy) is 2. The van der Waals surface area contributed by atoms with E-state index in [4.69, 9.17) is 9.47 Å². The van der Waals surface area contributed by atoms with Crippen LogP contribution in [0.15, 0.2) is 24.3 Å². The molecule has 1 saturated heterocycles. The molecule has 1 rings (SSSR count). The number of aliphatic hydroxyl groups is 5. The molecule has 6 N–H and O–H groups in total. The first kappa shape index (κ1) is 38.7. The molecule has 1 aliphatic heterocycles. The number of rotatable bonds is 25. The van der Waals surface area contributed by atoms with Gasteiger partial charge in [0.1, 0.15) is 24.4 Å². The van der Waals surface area contributed by atoms with E-state index in [0.717, 1.165) is 51.4 Å². The van der Waals surface area contributed by atoms with Crippen LogP contribution in [0.4, 0.5) is 0 Å². The summed E-state index contributed by atoms with van der Waals surface area (Å²) in [5.74, 6) is -0.200. The van der Waals surface area contributed by atoms with Crippen molar-refractivity contribution in [3.8, 4) is 0 Å². The van der Waals surface area contributed by atoms with E-state index in [9.17, 15) is 30.3 Å². The molecule has 1 fully saturated rings. The van der Waals surface area contributed by atoms with Crippen LogP contribution in [0.5, 0.6) is 0 Å². The molecular formula is C33H61NO8. The highest BCUT2D eigenvalue weighted by atomic mass is 16.7. The molecule has 7 unspecified atom stereocenters. The van der Waals surface area contributed by atoms with Gasteiger partial charge in [-0.1, -0.05) is 109 Å². The third kappa shape index (κ3) is 17.1. The molecule has 1 amide bonds. The molecule has 0 aromatic carbocycles. The monoisotopic (exact) mass is 599 g/mol. The van der Waals surface area contributed by atoms with Gasteiger partial charge in [-0.25, -0.2) is 0 Å². The van der Waals surface area contributed by atoms with Gasteiger partial charge in [-0.15, -0.1) is 0 Å². The summed E-state index contributed by atoms with van der Waals surface area (Å²) in [6, 6.07) is -0.811. The molecule has 0 saturated carbocycles. The highest BCUT2D eigenvalue weighted by Crippen LogP contribution is 2.22. The summed E-state index contributed by atoms with van der Waals surface area (Å²) in [5.41, 5.74) is 0. The fourth-order valence-electron chi connectivity index (χ4n) is 4.99. The normalized spacial score (nSPS) is 24.4. The topological polar surface area (TPSA) is 149 Å².